The molecule has 1 fully saturated rings. The molecule has 21 heavy (non-hydrogen) atoms. The van der Waals surface area contributed by atoms with E-state index in [9.17, 15) is 13.2 Å². The van der Waals surface area contributed by atoms with Gasteiger partial charge in [0.25, 0.3) is 0 Å². The zero-order valence-electron chi connectivity index (χ0n) is 13.7. The monoisotopic (exact) mass is 318 g/mol. The van der Waals surface area contributed by atoms with Gasteiger partial charge in [0.05, 0.1) is 12.8 Å². The molecule has 1 unspecified atom stereocenters. The number of nitrogens with zero attached hydrogens (tertiary/aromatic N) is 2. The van der Waals surface area contributed by atoms with E-state index in [0.717, 1.165) is 51.5 Å². The van der Waals surface area contributed by atoms with E-state index < -0.39 is 10.0 Å². The molecule has 1 atom stereocenters. The van der Waals surface area contributed by atoms with Crippen molar-refractivity contribution in [1.29, 1.82) is 0 Å². The third-order valence-corrected chi connectivity index (χ3v) is 5.46. The third kappa shape index (κ3) is 5.94. The first-order valence-electron chi connectivity index (χ1n) is 8.14. The highest BCUT2D eigenvalue weighted by atomic mass is 32.2. The van der Waals surface area contributed by atoms with E-state index in [2.05, 4.69) is 13.8 Å². The number of carbonyl (C=O) groups is 1. The van der Waals surface area contributed by atoms with E-state index in [4.69, 9.17) is 0 Å². The van der Waals surface area contributed by atoms with Crippen molar-refractivity contribution in [2.45, 2.75) is 64.8 Å². The smallest absolute Gasteiger partial charge is 0.238 e. The van der Waals surface area contributed by atoms with Gasteiger partial charge in [0.15, 0.2) is 0 Å². The summed E-state index contributed by atoms with van der Waals surface area (Å²) in [6.07, 6.45) is 8.20. The number of sulfonamides is 1. The van der Waals surface area contributed by atoms with Crippen LogP contribution in [0.15, 0.2) is 0 Å². The number of carbonyl (C=O) groups excluding carboxylic acids is 1. The number of piperidine rings is 1. The van der Waals surface area contributed by atoms with E-state index in [1.807, 2.05) is 4.90 Å². The predicted octanol–water partition coefficient (Wildman–Crippen LogP) is 2.23. The number of unbranched alkanes of at least 4 members (excludes halogenated alkanes) is 2. The lowest BCUT2D eigenvalue weighted by molar-refractivity contribution is -0.135. The van der Waals surface area contributed by atoms with Gasteiger partial charge in [-0.3, -0.25) is 4.79 Å². The van der Waals surface area contributed by atoms with Gasteiger partial charge in [0.1, 0.15) is 0 Å². The van der Waals surface area contributed by atoms with Crippen LogP contribution in [0.2, 0.25) is 0 Å². The van der Waals surface area contributed by atoms with Gasteiger partial charge >= 0.3 is 0 Å². The Balaban J connectivity index is 2.66. The molecule has 0 aromatic carbocycles. The van der Waals surface area contributed by atoms with Crippen LogP contribution in [-0.4, -0.2) is 55.5 Å². The van der Waals surface area contributed by atoms with E-state index in [0.29, 0.717) is 6.54 Å². The molecule has 6 heteroatoms. The van der Waals surface area contributed by atoms with Crippen LogP contribution in [0, 0.1) is 0 Å². The summed E-state index contributed by atoms with van der Waals surface area (Å²) in [6, 6.07) is 0.281. The van der Waals surface area contributed by atoms with Crippen LogP contribution >= 0.6 is 0 Å². The molecule has 1 rings (SSSR count). The largest absolute Gasteiger partial charge is 0.339 e. The molecule has 124 valence electrons. The second kappa shape index (κ2) is 8.73. The predicted molar refractivity (Wildman–Crippen MR) is 85.6 cm³/mol. The van der Waals surface area contributed by atoms with Gasteiger partial charge in [-0.05, 0) is 32.1 Å². The lowest BCUT2D eigenvalue weighted by Gasteiger charge is -2.36. The molecule has 5 nitrogen and oxygen atoms in total. The Morgan fingerprint density at radius 1 is 1.24 bits per heavy atom. The van der Waals surface area contributed by atoms with Gasteiger partial charge in [-0.1, -0.05) is 26.7 Å². The van der Waals surface area contributed by atoms with E-state index >= 15 is 0 Å². The maximum atomic E-state index is 12.5. The Bertz CT molecular complexity index is 423. The van der Waals surface area contributed by atoms with Crippen molar-refractivity contribution >= 4 is 15.9 Å². The molecular weight excluding hydrogens is 288 g/mol. The van der Waals surface area contributed by atoms with E-state index in [1.165, 1.54) is 10.6 Å². The van der Waals surface area contributed by atoms with E-state index in [-0.39, 0.29) is 18.5 Å². The van der Waals surface area contributed by atoms with Gasteiger partial charge in [-0.15, -0.1) is 0 Å². The summed E-state index contributed by atoms with van der Waals surface area (Å²) in [5.74, 6) is -0.0385. The Labute approximate surface area is 129 Å². The van der Waals surface area contributed by atoms with Crippen molar-refractivity contribution in [2.24, 2.45) is 0 Å². The molecular formula is C15H30N2O3S. The standard InChI is InChI=1S/C15H30N2O3S/c1-4-6-8-11-16(21(3,19)20)13-15(18)17-12-9-7-10-14(17)5-2/h14H,4-13H2,1-3H3. The minimum atomic E-state index is -3.32. The summed E-state index contributed by atoms with van der Waals surface area (Å²) in [4.78, 5) is 14.4. The Kier molecular flexibility index (Phi) is 7.66. The zero-order valence-corrected chi connectivity index (χ0v) is 14.5. The second-order valence-corrected chi connectivity index (χ2v) is 7.93. The van der Waals surface area contributed by atoms with Crippen molar-refractivity contribution in [2.75, 3.05) is 25.9 Å². The molecule has 1 aliphatic rings. The minimum absolute atomic E-state index is 0.000945. The summed E-state index contributed by atoms with van der Waals surface area (Å²) >= 11 is 0. The zero-order chi connectivity index (χ0) is 15.9. The fourth-order valence-electron chi connectivity index (χ4n) is 2.90. The van der Waals surface area contributed by atoms with Gasteiger partial charge in [0, 0.05) is 19.1 Å². The van der Waals surface area contributed by atoms with Crippen LogP contribution < -0.4 is 0 Å². The van der Waals surface area contributed by atoms with Crippen LogP contribution in [0.25, 0.3) is 0 Å². The summed E-state index contributed by atoms with van der Waals surface area (Å²) in [7, 11) is -3.32. The normalized spacial score (nSPS) is 20.0. The van der Waals surface area contributed by atoms with Crippen molar-refractivity contribution < 1.29 is 13.2 Å². The van der Waals surface area contributed by atoms with Crippen molar-refractivity contribution in [1.82, 2.24) is 9.21 Å². The first-order valence-corrected chi connectivity index (χ1v) is 9.99. The summed E-state index contributed by atoms with van der Waals surface area (Å²) in [5.41, 5.74) is 0. The molecule has 0 saturated carbocycles. The molecule has 1 heterocycles. The van der Waals surface area contributed by atoms with Crippen molar-refractivity contribution in [3.63, 3.8) is 0 Å². The molecule has 1 amide bonds. The van der Waals surface area contributed by atoms with Crippen LogP contribution in [0.1, 0.15) is 58.8 Å². The minimum Gasteiger partial charge on any atom is -0.339 e. The summed E-state index contributed by atoms with van der Waals surface area (Å²) < 4.78 is 25.0. The van der Waals surface area contributed by atoms with Crippen molar-refractivity contribution in [3.05, 3.63) is 0 Å². The highest BCUT2D eigenvalue weighted by Gasteiger charge is 2.28. The molecule has 0 aromatic heterocycles. The number of rotatable bonds is 8. The Hall–Kier alpha value is -0.620. The molecule has 0 radical (unpaired) electrons. The van der Waals surface area contributed by atoms with Gasteiger partial charge in [0.2, 0.25) is 15.9 Å². The summed E-state index contributed by atoms with van der Waals surface area (Å²) in [6.45, 7) is 5.38. The molecule has 0 spiro atoms. The molecule has 1 saturated heterocycles. The highest BCUT2D eigenvalue weighted by Crippen LogP contribution is 2.20. The SMILES string of the molecule is CCCCCN(CC(=O)N1CCCCC1CC)S(C)(=O)=O. The molecule has 0 aromatic rings. The molecule has 0 aliphatic carbocycles. The Morgan fingerprint density at radius 2 is 1.95 bits per heavy atom. The Morgan fingerprint density at radius 3 is 2.52 bits per heavy atom. The third-order valence-electron chi connectivity index (χ3n) is 4.21. The summed E-state index contributed by atoms with van der Waals surface area (Å²) in [5, 5.41) is 0. The maximum absolute atomic E-state index is 12.5. The quantitative estimate of drug-likeness (QED) is 0.645. The molecule has 1 aliphatic heterocycles. The second-order valence-electron chi connectivity index (χ2n) is 5.95. The molecule has 0 bridgehead atoms. The lowest BCUT2D eigenvalue weighted by atomic mass is 10.00. The number of hydrogen-bond acceptors (Lipinski definition) is 3. The fraction of sp³-hybridized carbons (Fsp3) is 0.933. The first kappa shape index (κ1) is 18.4. The fourth-order valence-corrected chi connectivity index (χ4v) is 3.70. The van der Waals surface area contributed by atoms with Gasteiger partial charge in [-0.2, -0.15) is 4.31 Å². The highest BCUT2D eigenvalue weighted by molar-refractivity contribution is 7.88. The van der Waals surface area contributed by atoms with E-state index in [1.54, 1.807) is 0 Å². The van der Waals surface area contributed by atoms with Crippen LogP contribution in [0.4, 0.5) is 0 Å². The molecule has 0 N–H and O–H groups in total. The van der Waals surface area contributed by atoms with Gasteiger partial charge < -0.3 is 4.90 Å². The van der Waals surface area contributed by atoms with Crippen molar-refractivity contribution in [3.8, 4) is 0 Å². The maximum Gasteiger partial charge on any atom is 0.238 e. The van der Waals surface area contributed by atoms with Crippen LogP contribution in [0.3, 0.4) is 0 Å². The average Bonchev–Trinajstić information content (AvgIpc) is 2.45. The number of likely N-dealkylation sites (tertiary alicyclic amines) is 1. The number of hydrogen-bond donors (Lipinski definition) is 0. The van der Waals surface area contributed by atoms with Gasteiger partial charge in [-0.25, -0.2) is 8.42 Å². The average molecular weight is 318 g/mol. The number of amides is 1. The first-order chi connectivity index (χ1) is 9.90. The van der Waals surface area contributed by atoms with Crippen LogP contribution in [0.5, 0.6) is 0 Å². The van der Waals surface area contributed by atoms with Crippen LogP contribution in [-0.2, 0) is 14.8 Å². The lowest BCUT2D eigenvalue weighted by Crippen LogP contribution is -2.48. The topological polar surface area (TPSA) is 57.7 Å².